The molecule has 18 heavy (non-hydrogen) atoms. The van der Waals surface area contributed by atoms with Crippen molar-refractivity contribution in [2.75, 3.05) is 6.54 Å². The zero-order valence-electron chi connectivity index (χ0n) is 10.7. The molecule has 0 aromatic heterocycles. The molecule has 1 saturated heterocycles. The highest BCUT2D eigenvalue weighted by atomic mass is 16.2. The Morgan fingerprint density at radius 3 is 2.50 bits per heavy atom. The minimum atomic E-state index is -0.0667. The Kier molecular flexibility index (Phi) is 3.65. The van der Waals surface area contributed by atoms with Crippen molar-refractivity contribution in [1.82, 2.24) is 10.6 Å². The Balaban J connectivity index is 2.01. The number of carbonyl (C=O) groups excluding carboxylic acids is 2. The highest BCUT2D eigenvalue weighted by molar-refractivity contribution is 5.95. The van der Waals surface area contributed by atoms with Crippen molar-refractivity contribution in [2.24, 2.45) is 0 Å². The first-order chi connectivity index (χ1) is 8.54. The second-order valence-corrected chi connectivity index (χ2v) is 4.89. The van der Waals surface area contributed by atoms with Crippen LogP contribution in [0.4, 0.5) is 0 Å². The third-order valence-electron chi connectivity index (χ3n) is 3.08. The number of hydrogen-bond donors (Lipinski definition) is 2. The largest absolute Gasteiger partial charge is 0.354 e. The molecular formula is C14H18N2O2. The zero-order chi connectivity index (χ0) is 13.1. The molecule has 4 nitrogen and oxygen atoms in total. The van der Waals surface area contributed by atoms with E-state index >= 15 is 0 Å². The van der Waals surface area contributed by atoms with E-state index in [1.165, 1.54) is 0 Å². The van der Waals surface area contributed by atoms with E-state index in [1.54, 1.807) is 0 Å². The van der Waals surface area contributed by atoms with E-state index in [0.717, 1.165) is 11.1 Å². The van der Waals surface area contributed by atoms with Gasteiger partial charge in [-0.2, -0.15) is 0 Å². The quantitative estimate of drug-likeness (QED) is 0.826. The van der Waals surface area contributed by atoms with Gasteiger partial charge < -0.3 is 10.6 Å². The van der Waals surface area contributed by atoms with Crippen LogP contribution in [-0.4, -0.2) is 24.4 Å². The first kappa shape index (κ1) is 12.6. The summed E-state index contributed by atoms with van der Waals surface area (Å²) in [5.74, 6) is -0.00477. The number of hydrogen-bond acceptors (Lipinski definition) is 2. The Labute approximate surface area is 107 Å². The monoisotopic (exact) mass is 246 g/mol. The molecule has 0 bridgehead atoms. The standard InChI is InChI=1S/C14H18N2O2/c1-9-5-10(2)7-11(6-9)14(18)16-12-3-4-13(17)15-8-12/h5-7,12H,3-4,8H2,1-2H3,(H,15,17)(H,16,18). The van der Waals surface area contributed by atoms with Gasteiger partial charge in [0.2, 0.25) is 5.91 Å². The van der Waals surface area contributed by atoms with Crippen LogP contribution in [0.1, 0.15) is 34.3 Å². The molecule has 0 spiro atoms. The SMILES string of the molecule is Cc1cc(C)cc(C(=O)NC2CCC(=O)NC2)c1. The Morgan fingerprint density at radius 2 is 1.94 bits per heavy atom. The Morgan fingerprint density at radius 1 is 1.28 bits per heavy atom. The molecule has 1 aliphatic heterocycles. The summed E-state index contributed by atoms with van der Waals surface area (Å²) in [5.41, 5.74) is 2.85. The number of aryl methyl sites for hydroxylation is 2. The molecule has 2 amide bonds. The number of benzene rings is 1. The molecule has 1 aliphatic rings. The number of rotatable bonds is 2. The Bertz CT molecular complexity index is 452. The van der Waals surface area contributed by atoms with Crippen LogP contribution in [-0.2, 0) is 4.79 Å². The maximum atomic E-state index is 12.1. The summed E-state index contributed by atoms with van der Waals surface area (Å²) in [6.07, 6.45) is 1.19. The smallest absolute Gasteiger partial charge is 0.251 e. The molecule has 0 saturated carbocycles. The maximum Gasteiger partial charge on any atom is 0.251 e. The number of amides is 2. The van der Waals surface area contributed by atoms with Crippen molar-refractivity contribution in [1.29, 1.82) is 0 Å². The minimum Gasteiger partial charge on any atom is -0.354 e. The lowest BCUT2D eigenvalue weighted by Crippen LogP contribution is -2.47. The molecular weight excluding hydrogens is 228 g/mol. The van der Waals surface area contributed by atoms with Crippen molar-refractivity contribution in [3.8, 4) is 0 Å². The molecule has 4 heteroatoms. The lowest BCUT2D eigenvalue weighted by molar-refractivity contribution is -0.122. The summed E-state index contributed by atoms with van der Waals surface area (Å²) in [7, 11) is 0. The third kappa shape index (κ3) is 3.09. The van der Waals surface area contributed by atoms with Gasteiger partial charge in [0, 0.05) is 24.6 Å². The van der Waals surface area contributed by atoms with E-state index in [9.17, 15) is 9.59 Å². The second-order valence-electron chi connectivity index (χ2n) is 4.89. The highest BCUT2D eigenvalue weighted by Gasteiger charge is 2.20. The van der Waals surface area contributed by atoms with Crippen molar-refractivity contribution in [3.05, 3.63) is 34.9 Å². The van der Waals surface area contributed by atoms with Gasteiger partial charge >= 0.3 is 0 Å². The van der Waals surface area contributed by atoms with E-state index in [2.05, 4.69) is 10.6 Å². The molecule has 96 valence electrons. The van der Waals surface area contributed by atoms with Gasteiger partial charge in [-0.25, -0.2) is 0 Å². The van der Waals surface area contributed by atoms with Crippen LogP contribution in [0.25, 0.3) is 0 Å². The summed E-state index contributed by atoms with van der Waals surface area (Å²) >= 11 is 0. The van der Waals surface area contributed by atoms with E-state index < -0.39 is 0 Å². The van der Waals surface area contributed by atoms with E-state index in [4.69, 9.17) is 0 Å². The summed E-state index contributed by atoms with van der Waals surface area (Å²) in [4.78, 5) is 23.1. The fraction of sp³-hybridized carbons (Fsp3) is 0.429. The first-order valence-corrected chi connectivity index (χ1v) is 6.20. The van der Waals surface area contributed by atoms with Gasteiger partial charge in [0.15, 0.2) is 0 Å². The van der Waals surface area contributed by atoms with Crippen LogP contribution in [0, 0.1) is 13.8 Å². The van der Waals surface area contributed by atoms with Crippen molar-refractivity contribution in [2.45, 2.75) is 32.7 Å². The minimum absolute atomic E-state index is 0.0380. The molecule has 0 aliphatic carbocycles. The van der Waals surface area contributed by atoms with Crippen LogP contribution in [0.5, 0.6) is 0 Å². The van der Waals surface area contributed by atoms with Crippen molar-refractivity contribution in [3.63, 3.8) is 0 Å². The van der Waals surface area contributed by atoms with E-state index in [1.807, 2.05) is 32.0 Å². The fourth-order valence-electron chi connectivity index (χ4n) is 2.23. The van der Waals surface area contributed by atoms with Crippen LogP contribution in [0.15, 0.2) is 18.2 Å². The van der Waals surface area contributed by atoms with Crippen LogP contribution in [0.3, 0.4) is 0 Å². The molecule has 2 N–H and O–H groups in total. The second kappa shape index (κ2) is 5.21. The van der Waals surface area contributed by atoms with E-state index in [-0.39, 0.29) is 17.9 Å². The van der Waals surface area contributed by atoms with Gasteiger partial charge in [-0.15, -0.1) is 0 Å². The van der Waals surface area contributed by atoms with Gasteiger partial charge in [0.1, 0.15) is 0 Å². The number of carbonyl (C=O) groups is 2. The summed E-state index contributed by atoms with van der Waals surface area (Å²) < 4.78 is 0. The topological polar surface area (TPSA) is 58.2 Å². The molecule has 1 heterocycles. The molecule has 1 unspecified atom stereocenters. The summed E-state index contributed by atoms with van der Waals surface area (Å²) in [5, 5.41) is 5.71. The van der Waals surface area contributed by atoms with Gasteiger partial charge in [0.25, 0.3) is 5.91 Å². The lowest BCUT2D eigenvalue weighted by atomic mass is 10.0. The zero-order valence-corrected chi connectivity index (χ0v) is 10.7. The van der Waals surface area contributed by atoms with Crippen LogP contribution in [0.2, 0.25) is 0 Å². The first-order valence-electron chi connectivity index (χ1n) is 6.20. The van der Waals surface area contributed by atoms with E-state index in [0.29, 0.717) is 24.9 Å². The molecule has 1 fully saturated rings. The average Bonchev–Trinajstić information content (AvgIpc) is 2.31. The molecule has 2 rings (SSSR count). The lowest BCUT2D eigenvalue weighted by Gasteiger charge is -2.23. The molecule has 1 aromatic rings. The predicted octanol–water partition coefficient (Wildman–Crippen LogP) is 1.31. The number of nitrogens with one attached hydrogen (secondary N) is 2. The van der Waals surface area contributed by atoms with Gasteiger partial charge in [0.05, 0.1) is 0 Å². The molecule has 1 atom stereocenters. The normalized spacial score (nSPS) is 19.2. The fourth-order valence-corrected chi connectivity index (χ4v) is 2.23. The van der Waals surface area contributed by atoms with Crippen molar-refractivity contribution < 1.29 is 9.59 Å². The molecule has 0 radical (unpaired) electrons. The van der Waals surface area contributed by atoms with Gasteiger partial charge in [-0.3, -0.25) is 9.59 Å². The maximum absolute atomic E-state index is 12.1. The number of piperidine rings is 1. The van der Waals surface area contributed by atoms with Gasteiger partial charge in [-0.05, 0) is 32.4 Å². The highest BCUT2D eigenvalue weighted by Crippen LogP contribution is 2.10. The summed E-state index contributed by atoms with van der Waals surface area (Å²) in [6.45, 7) is 4.48. The molecule has 1 aromatic carbocycles. The van der Waals surface area contributed by atoms with Crippen LogP contribution >= 0.6 is 0 Å². The summed E-state index contributed by atoms with van der Waals surface area (Å²) in [6, 6.07) is 5.83. The van der Waals surface area contributed by atoms with Crippen LogP contribution < -0.4 is 10.6 Å². The average molecular weight is 246 g/mol. The third-order valence-corrected chi connectivity index (χ3v) is 3.08. The Hall–Kier alpha value is -1.84. The van der Waals surface area contributed by atoms with Gasteiger partial charge in [-0.1, -0.05) is 17.2 Å². The predicted molar refractivity (Wildman–Crippen MR) is 69.4 cm³/mol. The van der Waals surface area contributed by atoms with Crippen molar-refractivity contribution >= 4 is 11.8 Å².